The molecular weight excluding hydrogens is 217 g/mol. The van der Waals surface area contributed by atoms with Gasteiger partial charge in [-0.25, -0.2) is 0 Å². The van der Waals surface area contributed by atoms with Crippen LogP contribution in [0.1, 0.15) is 16.8 Å². The van der Waals surface area contributed by atoms with Crippen molar-refractivity contribution in [3.63, 3.8) is 0 Å². The molecule has 6 heteroatoms. The Morgan fingerprint density at radius 2 is 2.31 bits per heavy atom. The van der Waals surface area contributed by atoms with Crippen molar-refractivity contribution in [1.29, 1.82) is 0 Å². The van der Waals surface area contributed by atoms with Crippen LogP contribution in [0.5, 0.6) is 17.2 Å². The van der Waals surface area contributed by atoms with Gasteiger partial charge in [0.2, 0.25) is 18.4 Å². The average Bonchev–Trinajstić information content (AvgIpc) is 2.71. The summed E-state index contributed by atoms with van der Waals surface area (Å²) in [7, 11) is 0. The molecule has 0 aromatic heterocycles. The van der Waals surface area contributed by atoms with E-state index in [9.17, 15) is 14.3 Å². The highest BCUT2D eigenvalue weighted by Crippen LogP contribution is 2.41. The number of Topliss-reactive ketones (excluding diaryl/α,β-unsaturated/α-hetero) is 1. The third kappa shape index (κ3) is 1.57. The number of fused-ring (bicyclic) bond motifs is 1. The van der Waals surface area contributed by atoms with Crippen LogP contribution in [-0.4, -0.2) is 24.2 Å². The Bertz CT molecular complexity index is 447. The number of carbonyl (C=O) groups is 1. The number of benzene rings is 1. The van der Waals surface area contributed by atoms with Crippen molar-refractivity contribution in [2.75, 3.05) is 13.3 Å². The molecule has 2 rings (SSSR count). The second kappa shape index (κ2) is 3.97. The van der Waals surface area contributed by atoms with Crippen LogP contribution < -0.4 is 15.2 Å². The van der Waals surface area contributed by atoms with E-state index in [1.165, 1.54) is 6.07 Å². The fraction of sp³-hybridized carbons (Fsp3) is 0.300. The monoisotopic (exact) mass is 227 g/mol. The molecule has 5 nitrogen and oxygen atoms in total. The number of phenolic OH excluding ortho intramolecular Hbond substituents is 1. The van der Waals surface area contributed by atoms with Gasteiger partial charge in [0.05, 0.1) is 5.56 Å². The topological polar surface area (TPSA) is 81.8 Å². The predicted octanol–water partition coefficient (Wildman–Crippen LogP) is 0.792. The van der Waals surface area contributed by atoms with Gasteiger partial charge in [-0.15, -0.1) is 0 Å². The van der Waals surface area contributed by atoms with Crippen LogP contribution >= 0.6 is 0 Å². The zero-order valence-electron chi connectivity index (χ0n) is 8.33. The number of halogens is 1. The fourth-order valence-corrected chi connectivity index (χ4v) is 1.47. The van der Waals surface area contributed by atoms with Gasteiger partial charge in [-0.05, 0) is 12.6 Å². The maximum absolute atomic E-state index is 13.5. The summed E-state index contributed by atoms with van der Waals surface area (Å²) < 4.78 is 23.3. The van der Waals surface area contributed by atoms with Crippen LogP contribution in [0.25, 0.3) is 0 Å². The van der Waals surface area contributed by atoms with Gasteiger partial charge in [-0.3, -0.25) is 4.79 Å². The average molecular weight is 227 g/mol. The first-order chi connectivity index (χ1) is 7.65. The number of phenols is 1. The second-order valence-corrected chi connectivity index (χ2v) is 3.28. The molecule has 0 atom stereocenters. The third-order valence-electron chi connectivity index (χ3n) is 2.25. The quantitative estimate of drug-likeness (QED) is 0.746. The largest absolute Gasteiger partial charge is 0.504 e. The summed E-state index contributed by atoms with van der Waals surface area (Å²) in [6.07, 6.45) is 0.0344. The Labute approximate surface area is 90.6 Å². The van der Waals surface area contributed by atoms with Gasteiger partial charge in [-0.2, -0.15) is 4.39 Å². The molecule has 0 amide bonds. The molecule has 86 valence electrons. The molecule has 0 radical (unpaired) electrons. The zero-order chi connectivity index (χ0) is 11.7. The van der Waals surface area contributed by atoms with Gasteiger partial charge in [0.15, 0.2) is 17.3 Å². The fourth-order valence-electron chi connectivity index (χ4n) is 1.47. The van der Waals surface area contributed by atoms with Crippen molar-refractivity contribution in [2.45, 2.75) is 6.42 Å². The maximum atomic E-state index is 13.5. The highest BCUT2D eigenvalue weighted by Gasteiger charge is 2.26. The van der Waals surface area contributed by atoms with Crippen molar-refractivity contribution in [2.24, 2.45) is 5.73 Å². The molecule has 0 bridgehead atoms. The number of ether oxygens (including phenoxy) is 2. The minimum absolute atomic E-state index is 0.0344. The molecule has 16 heavy (non-hydrogen) atoms. The lowest BCUT2D eigenvalue weighted by Gasteiger charge is -2.06. The molecule has 1 aliphatic rings. The number of hydrogen-bond donors (Lipinski definition) is 2. The van der Waals surface area contributed by atoms with E-state index in [1.807, 2.05) is 0 Å². The van der Waals surface area contributed by atoms with E-state index in [4.69, 9.17) is 15.2 Å². The van der Waals surface area contributed by atoms with Crippen LogP contribution in [0.4, 0.5) is 4.39 Å². The smallest absolute Gasteiger partial charge is 0.231 e. The molecule has 1 aliphatic heterocycles. The molecule has 0 spiro atoms. The molecular formula is C10H10FNO4. The third-order valence-corrected chi connectivity index (χ3v) is 2.25. The summed E-state index contributed by atoms with van der Waals surface area (Å²) in [5, 5.41) is 9.49. The number of carbonyl (C=O) groups excluding carboxylic acids is 1. The van der Waals surface area contributed by atoms with Gasteiger partial charge < -0.3 is 20.3 Å². The summed E-state index contributed by atoms with van der Waals surface area (Å²) in [5.41, 5.74) is 5.08. The lowest BCUT2D eigenvalue weighted by Crippen LogP contribution is -2.08. The van der Waals surface area contributed by atoms with E-state index in [1.54, 1.807) is 0 Å². The first-order valence-electron chi connectivity index (χ1n) is 4.69. The standard InChI is InChI=1S/C10H10FNO4/c11-8-9(14)5(6(13)1-2-12)3-7-10(8)16-4-15-7/h3,14H,1-2,4,12H2. The Kier molecular flexibility index (Phi) is 2.66. The minimum atomic E-state index is -0.977. The van der Waals surface area contributed by atoms with Gasteiger partial charge in [0.25, 0.3) is 0 Å². The number of nitrogens with two attached hydrogens (primary N) is 1. The second-order valence-electron chi connectivity index (χ2n) is 3.28. The highest BCUT2D eigenvalue weighted by molar-refractivity contribution is 5.99. The summed E-state index contributed by atoms with van der Waals surface area (Å²) in [6.45, 7) is 0.00849. The van der Waals surface area contributed by atoms with E-state index < -0.39 is 17.3 Å². The van der Waals surface area contributed by atoms with Crippen LogP contribution in [-0.2, 0) is 0 Å². The molecule has 0 fully saturated rings. The minimum Gasteiger partial charge on any atom is -0.504 e. The van der Waals surface area contributed by atoms with Crippen molar-refractivity contribution < 1.29 is 23.8 Å². The summed E-state index contributed by atoms with van der Waals surface area (Å²) >= 11 is 0. The number of hydrogen-bond acceptors (Lipinski definition) is 5. The molecule has 1 aromatic rings. The molecule has 1 heterocycles. The van der Waals surface area contributed by atoms with Crippen molar-refractivity contribution in [3.8, 4) is 17.2 Å². The van der Waals surface area contributed by atoms with Crippen molar-refractivity contribution >= 4 is 5.78 Å². The van der Waals surface area contributed by atoms with E-state index in [0.29, 0.717) is 0 Å². The van der Waals surface area contributed by atoms with Gasteiger partial charge >= 0.3 is 0 Å². The lowest BCUT2D eigenvalue weighted by molar-refractivity contribution is 0.0981. The SMILES string of the molecule is NCCC(=O)c1cc2c(c(F)c1O)OCO2. The van der Waals surface area contributed by atoms with E-state index in [-0.39, 0.29) is 36.8 Å². The van der Waals surface area contributed by atoms with Gasteiger partial charge in [0.1, 0.15) is 0 Å². The molecule has 0 unspecified atom stereocenters. The van der Waals surface area contributed by atoms with Crippen LogP contribution in [0.2, 0.25) is 0 Å². The normalized spacial score (nSPS) is 12.9. The summed E-state index contributed by atoms with van der Waals surface area (Å²) in [6, 6.07) is 1.26. The van der Waals surface area contributed by atoms with Gasteiger partial charge in [0, 0.05) is 6.42 Å². The summed E-state index contributed by atoms with van der Waals surface area (Å²) in [5.74, 6) is -2.17. The van der Waals surface area contributed by atoms with E-state index in [2.05, 4.69) is 0 Å². The van der Waals surface area contributed by atoms with E-state index >= 15 is 0 Å². The molecule has 1 aromatic carbocycles. The number of aromatic hydroxyl groups is 1. The first kappa shape index (κ1) is 10.7. The Morgan fingerprint density at radius 3 is 3.00 bits per heavy atom. The Balaban J connectivity index is 2.47. The van der Waals surface area contributed by atoms with Gasteiger partial charge in [-0.1, -0.05) is 0 Å². The van der Waals surface area contributed by atoms with Crippen LogP contribution in [0.15, 0.2) is 6.07 Å². The molecule has 3 N–H and O–H groups in total. The Hall–Kier alpha value is -1.82. The van der Waals surface area contributed by atoms with Crippen LogP contribution in [0, 0.1) is 5.82 Å². The van der Waals surface area contributed by atoms with Crippen molar-refractivity contribution in [3.05, 3.63) is 17.4 Å². The predicted molar refractivity (Wildman–Crippen MR) is 52.2 cm³/mol. The molecule has 0 aliphatic carbocycles. The maximum Gasteiger partial charge on any atom is 0.231 e. The highest BCUT2D eigenvalue weighted by atomic mass is 19.1. The number of rotatable bonds is 3. The summed E-state index contributed by atoms with van der Waals surface area (Å²) in [4.78, 5) is 11.5. The van der Waals surface area contributed by atoms with E-state index in [0.717, 1.165) is 0 Å². The van der Waals surface area contributed by atoms with Crippen molar-refractivity contribution in [1.82, 2.24) is 0 Å². The number of ketones is 1. The van der Waals surface area contributed by atoms with Crippen LogP contribution in [0.3, 0.4) is 0 Å². The molecule has 0 saturated carbocycles. The lowest BCUT2D eigenvalue weighted by atomic mass is 10.1. The molecule has 0 saturated heterocycles. The first-order valence-corrected chi connectivity index (χ1v) is 4.69. The zero-order valence-corrected chi connectivity index (χ0v) is 8.33. The Morgan fingerprint density at radius 1 is 1.56 bits per heavy atom.